The molecule has 2 N–H and O–H groups in total. The van der Waals surface area contributed by atoms with Gasteiger partial charge < -0.3 is 15.2 Å². The Morgan fingerprint density at radius 1 is 1.40 bits per heavy atom. The van der Waals surface area contributed by atoms with Gasteiger partial charge in [-0.3, -0.25) is 0 Å². The molecule has 0 fully saturated rings. The average molecular weight is 210 g/mol. The molecule has 0 aliphatic carbocycles. The number of hydrogen-bond acceptors (Lipinski definition) is 4. The van der Waals surface area contributed by atoms with Gasteiger partial charge in [-0.2, -0.15) is 0 Å². The smallest absolute Gasteiger partial charge is 0.213 e. The van der Waals surface area contributed by atoms with E-state index in [1.54, 1.807) is 13.3 Å². The molecule has 84 valence electrons. The fourth-order valence-electron chi connectivity index (χ4n) is 1.13. The van der Waals surface area contributed by atoms with Gasteiger partial charge in [0.2, 0.25) is 5.88 Å². The van der Waals surface area contributed by atoms with Gasteiger partial charge in [0, 0.05) is 38.4 Å². The van der Waals surface area contributed by atoms with Crippen molar-refractivity contribution >= 4 is 0 Å². The lowest BCUT2D eigenvalue weighted by Crippen LogP contribution is -2.06. The van der Waals surface area contributed by atoms with E-state index in [-0.39, 0.29) is 6.04 Å². The zero-order valence-electron chi connectivity index (χ0n) is 9.27. The van der Waals surface area contributed by atoms with Crippen LogP contribution in [0, 0.1) is 0 Å². The molecule has 1 aromatic rings. The molecule has 0 bridgehead atoms. The number of aromatic nitrogens is 1. The van der Waals surface area contributed by atoms with E-state index in [1.165, 1.54) is 0 Å². The first-order valence-corrected chi connectivity index (χ1v) is 5.07. The third kappa shape index (κ3) is 4.27. The first-order chi connectivity index (χ1) is 7.24. The van der Waals surface area contributed by atoms with Gasteiger partial charge in [-0.05, 0) is 12.5 Å². The standard InChI is InChI=1S/C11H18N2O2/c1-9(12)10-4-5-11(13-8-10)15-7-3-6-14-2/h4-5,8-9H,3,6-7,12H2,1-2H3/t9-/m0/s1. The topological polar surface area (TPSA) is 57.4 Å². The van der Waals surface area contributed by atoms with E-state index >= 15 is 0 Å². The maximum Gasteiger partial charge on any atom is 0.213 e. The minimum atomic E-state index is 0.0139. The Balaban J connectivity index is 2.36. The Morgan fingerprint density at radius 3 is 2.73 bits per heavy atom. The monoisotopic (exact) mass is 210 g/mol. The molecule has 15 heavy (non-hydrogen) atoms. The van der Waals surface area contributed by atoms with Crippen LogP contribution in [-0.2, 0) is 4.74 Å². The maximum atomic E-state index is 5.71. The number of hydrogen-bond donors (Lipinski definition) is 1. The first kappa shape index (κ1) is 11.9. The fourth-order valence-corrected chi connectivity index (χ4v) is 1.13. The van der Waals surface area contributed by atoms with Crippen molar-refractivity contribution in [2.75, 3.05) is 20.3 Å². The fraction of sp³-hybridized carbons (Fsp3) is 0.545. The van der Waals surface area contributed by atoms with E-state index < -0.39 is 0 Å². The van der Waals surface area contributed by atoms with Crippen LogP contribution in [0.5, 0.6) is 5.88 Å². The summed E-state index contributed by atoms with van der Waals surface area (Å²) in [6.07, 6.45) is 2.61. The number of rotatable bonds is 6. The largest absolute Gasteiger partial charge is 0.478 e. The van der Waals surface area contributed by atoms with Crippen LogP contribution < -0.4 is 10.5 Å². The summed E-state index contributed by atoms with van der Waals surface area (Å²) >= 11 is 0. The molecule has 0 radical (unpaired) electrons. The second-order valence-electron chi connectivity index (χ2n) is 3.41. The van der Waals surface area contributed by atoms with Gasteiger partial charge in [0.25, 0.3) is 0 Å². The van der Waals surface area contributed by atoms with Gasteiger partial charge in [-0.15, -0.1) is 0 Å². The van der Waals surface area contributed by atoms with Gasteiger partial charge in [0.1, 0.15) is 0 Å². The Labute approximate surface area is 90.4 Å². The molecular formula is C11H18N2O2. The summed E-state index contributed by atoms with van der Waals surface area (Å²) in [7, 11) is 1.68. The van der Waals surface area contributed by atoms with E-state index in [9.17, 15) is 0 Å². The van der Waals surface area contributed by atoms with Crippen molar-refractivity contribution in [1.82, 2.24) is 4.98 Å². The normalized spacial score (nSPS) is 12.5. The molecule has 0 amide bonds. The Morgan fingerprint density at radius 2 is 2.20 bits per heavy atom. The van der Waals surface area contributed by atoms with Crippen molar-refractivity contribution in [3.05, 3.63) is 23.9 Å². The van der Waals surface area contributed by atoms with Crippen LogP contribution in [0.15, 0.2) is 18.3 Å². The minimum absolute atomic E-state index is 0.0139. The van der Waals surface area contributed by atoms with Crippen LogP contribution >= 0.6 is 0 Å². The molecule has 4 nitrogen and oxygen atoms in total. The summed E-state index contributed by atoms with van der Waals surface area (Å²) in [5, 5.41) is 0. The molecule has 1 aromatic heterocycles. The summed E-state index contributed by atoms with van der Waals surface area (Å²) in [4.78, 5) is 4.15. The highest BCUT2D eigenvalue weighted by Gasteiger charge is 2.00. The van der Waals surface area contributed by atoms with Crippen LogP contribution in [0.2, 0.25) is 0 Å². The molecule has 0 saturated heterocycles. The zero-order valence-corrected chi connectivity index (χ0v) is 9.27. The number of nitrogens with zero attached hydrogens (tertiary/aromatic N) is 1. The van der Waals surface area contributed by atoms with Crippen LogP contribution in [-0.4, -0.2) is 25.3 Å². The van der Waals surface area contributed by atoms with E-state index in [4.69, 9.17) is 15.2 Å². The second-order valence-corrected chi connectivity index (χ2v) is 3.41. The van der Waals surface area contributed by atoms with Crippen molar-refractivity contribution in [3.8, 4) is 5.88 Å². The van der Waals surface area contributed by atoms with Crippen LogP contribution in [0.1, 0.15) is 24.9 Å². The lowest BCUT2D eigenvalue weighted by molar-refractivity contribution is 0.170. The molecule has 4 heteroatoms. The van der Waals surface area contributed by atoms with E-state index in [2.05, 4.69) is 4.98 Å². The molecule has 0 unspecified atom stereocenters. The molecule has 0 aliphatic rings. The Kier molecular flexibility index (Phi) is 5.07. The maximum absolute atomic E-state index is 5.71. The van der Waals surface area contributed by atoms with Gasteiger partial charge in [0.05, 0.1) is 6.61 Å². The van der Waals surface area contributed by atoms with Gasteiger partial charge in [-0.25, -0.2) is 4.98 Å². The first-order valence-electron chi connectivity index (χ1n) is 5.07. The average Bonchev–Trinajstić information content (AvgIpc) is 2.25. The molecule has 0 saturated carbocycles. The lowest BCUT2D eigenvalue weighted by Gasteiger charge is -2.07. The highest BCUT2D eigenvalue weighted by molar-refractivity contribution is 5.19. The molecule has 1 atom stereocenters. The zero-order chi connectivity index (χ0) is 11.1. The Hall–Kier alpha value is -1.13. The van der Waals surface area contributed by atoms with Crippen molar-refractivity contribution in [2.45, 2.75) is 19.4 Å². The summed E-state index contributed by atoms with van der Waals surface area (Å²) in [5.41, 5.74) is 6.72. The van der Waals surface area contributed by atoms with E-state index in [0.717, 1.165) is 12.0 Å². The molecule has 0 aromatic carbocycles. The third-order valence-electron chi connectivity index (χ3n) is 2.03. The van der Waals surface area contributed by atoms with Gasteiger partial charge in [-0.1, -0.05) is 6.07 Å². The molecular weight excluding hydrogens is 192 g/mol. The summed E-state index contributed by atoms with van der Waals surface area (Å²) in [5.74, 6) is 0.635. The van der Waals surface area contributed by atoms with E-state index in [1.807, 2.05) is 19.1 Å². The molecule has 0 spiro atoms. The summed E-state index contributed by atoms with van der Waals surface area (Å²) < 4.78 is 10.3. The number of ether oxygens (including phenoxy) is 2. The van der Waals surface area contributed by atoms with E-state index in [0.29, 0.717) is 19.1 Å². The van der Waals surface area contributed by atoms with Crippen LogP contribution in [0.4, 0.5) is 0 Å². The van der Waals surface area contributed by atoms with Crippen LogP contribution in [0.25, 0.3) is 0 Å². The van der Waals surface area contributed by atoms with Gasteiger partial charge in [0.15, 0.2) is 0 Å². The predicted molar refractivity (Wildman–Crippen MR) is 58.8 cm³/mol. The third-order valence-corrected chi connectivity index (χ3v) is 2.03. The van der Waals surface area contributed by atoms with Crippen molar-refractivity contribution < 1.29 is 9.47 Å². The van der Waals surface area contributed by atoms with Crippen molar-refractivity contribution in [3.63, 3.8) is 0 Å². The minimum Gasteiger partial charge on any atom is -0.478 e. The van der Waals surface area contributed by atoms with Gasteiger partial charge >= 0.3 is 0 Å². The highest BCUT2D eigenvalue weighted by Crippen LogP contribution is 2.12. The molecule has 1 rings (SSSR count). The van der Waals surface area contributed by atoms with Crippen LogP contribution in [0.3, 0.4) is 0 Å². The Bertz CT molecular complexity index is 272. The molecule has 1 heterocycles. The van der Waals surface area contributed by atoms with Crippen molar-refractivity contribution in [2.24, 2.45) is 5.73 Å². The number of nitrogens with two attached hydrogens (primary N) is 1. The predicted octanol–water partition coefficient (Wildman–Crippen LogP) is 1.52. The summed E-state index contributed by atoms with van der Waals surface area (Å²) in [6.45, 7) is 3.26. The van der Waals surface area contributed by atoms with Crippen molar-refractivity contribution in [1.29, 1.82) is 0 Å². The summed E-state index contributed by atoms with van der Waals surface area (Å²) in [6, 6.07) is 3.79. The number of methoxy groups -OCH3 is 1. The molecule has 0 aliphatic heterocycles. The highest BCUT2D eigenvalue weighted by atomic mass is 16.5. The second kappa shape index (κ2) is 6.37. The lowest BCUT2D eigenvalue weighted by atomic mass is 10.2. The number of pyridine rings is 1. The SMILES string of the molecule is COCCCOc1ccc([C@H](C)N)cn1. The quantitative estimate of drug-likeness (QED) is 0.723.